The normalized spacial score (nSPS) is 16.9. The topological polar surface area (TPSA) is 61.4 Å². The fourth-order valence-corrected chi connectivity index (χ4v) is 4.56. The molecule has 0 spiro atoms. The molecule has 22 heavy (non-hydrogen) atoms. The van der Waals surface area contributed by atoms with Crippen LogP contribution in [0.3, 0.4) is 0 Å². The van der Waals surface area contributed by atoms with Gasteiger partial charge in [0.1, 0.15) is 0 Å². The first-order chi connectivity index (χ1) is 10.3. The van der Waals surface area contributed by atoms with E-state index in [0.717, 1.165) is 55.0 Å². The molecule has 0 amide bonds. The molecule has 0 aliphatic carbocycles. The van der Waals surface area contributed by atoms with Gasteiger partial charge < -0.3 is 5.32 Å². The molecule has 2 rings (SSSR count). The zero-order valence-corrected chi connectivity index (χ0v) is 14.8. The highest BCUT2D eigenvalue weighted by Crippen LogP contribution is 2.25. The zero-order chi connectivity index (χ0) is 16.3. The van der Waals surface area contributed by atoms with Crippen LogP contribution in [0.15, 0.2) is 11.0 Å². The van der Waals surface area contributed by atoms with Crippen molar-refractivity contribution in [2.45, 2.75) is 32.6 Å². The summed E-state index contributed by atoms with van der Waals surface area (Å²) >= 11 is 0. The van der Waals surface area contributed by atoms with Crippen LogP contribution in [0, 0.1) is 27.7 Å². The summed E-state index contributed by atoms with van der Waals surface area (Å²) in [5, 5.41) is 3.29. The van der Waals surface area contributed by atoms with Crippen LogP contribution in [-0.4, -0.2) is 52.6 Å². The van der Waals surface area contributed by atoms with Crippen molar-refractivity contribution in [3.8, 4) is 0 Å². The highest BCUT2D eigenvalue weighted by molar-refractivity contribution is 7.89. The molecule has 1 heterocycles. The minimum atomic E-state index is -3.46. The minimum Gasteiger partial charge on any atom is -0.314 e. The predicted octanol–water partition coefficient (Wildman–Crippen LogP) is 1.10. The molecule has 6 heteroatoms. The first-order valence-electron chi connectivity index (χ1n) is 7.83. The molecule has 1 aromatic rings. The molecule has 0 saturated carbocycles. The van der Waals surface area contributed by atoms with Crippen molar-refractivity contribution in [3.05, 3.63) is 28.3 Å². The van der Waals surface area contributed by atoms with Crippen LogP contribution in [0.4, 0.5) is 0 Å². The van der Waals surface area contributed by atoms with Crippen LogP contribution in [0.1, 0.15) is 22.3 Å². The van der Waals surface area contributed by atoms with Gasteiger partial charge in [-0.25, -0.2) is 13.1 Å². The number of hydrogen-bond donors (Lipinski definition) is 2. The Labute approximate surface area is 134 Å². The molecule has 5 nitrogen and oxygen atoms in total. The third kappa shape index (κ3) is 3.87. The summed E-state index contributed by atoms with van der Waals surface area (Å²) in [7, 11) is -3.46. The van der Waals surface area contributed by atoms with E-state index in [2.05, 4.69) is 14.9 Å². The number of rotatable bonds is 5. The molecule has 0 aromatic heterocycles. The lowest BCUT2D eigenvalue weighted by Crippen LogP contribution is -2.46. The lowest BCUT2D eigenvalue weighted by atomic mass is 10.0. The maximum atomic E-state index is 12.7. The van der Waals surface area contributed by atoms with Gasteiger partial charge in [-0.15, -0.1) is 0 Å². The van der Waals surface area contributed by atoms with Gasteiger partial charge in [0.25, 0.3) is 0 Å². The average molecular weight is 325 g/mol. The third-order valence-corrected chi connectivity index (χ3v) is 6.23. The molecule has 1 saturated heterocycles. The van der Waals surface area contributed by atoms with Gasteiger partial charge in [-0.2, -0.15) is 0 Å². The lowest BCUT2D eigenvalue weighted by Gasteiger charge is -2.27. The molecule has 1 aliphatic rings. The molecule has 1 aromatic carbocycles. The van der Waals surface area contributed by atoms with E-state index in [1.165, 1.54) is 0 Å². The Morgan fingerprint density at radius 2 is 1.64 bits per heavy atom. The molecule has 1 aliphatic heterocycles. The fourth-order valence-electron chi connectivity index (χ4n) is 2.93. The summed E-state index contributed by atoms with van der Waals surface area (Å²) in [6, 6.07) is 2.05. The Kier molecular flexibility index (Phi) is 5.60. The number of aryl methyl sites for hydroxylation is 2. The summed E-state index contributed by atoms with van der Waals surface area (Å²) in [5.74, 6) is 0. The van der Waals surface area contributed by atoms with E-state index in [9.17, 15) is 8.42 Å². The Morgan fingerprint density at radius 3 is 2.18 bits per heavy atom. The molecular weight excluding hydrogens is 298 g/mol. The summed E-state index contributed by atoms with van der Waals surface area (Å²) < 4.78 is 28.1. The average Bonchev–Trinajstić information content (AvgIpc) is 2.46. The smallest absolute Gasteiger partial charge is 0.241 e. The number of benzene rings is 1. The molecule has 0 bridgehead atoms. The van der Waals surface area contributed by atoms with Crippen molar-refractivity contribution >= 4 is 10.0 Å². The second-order valence-corrected chi connectivity index (χ2v) is 7.78. The number of piperazine rings is 1. The van der Waals surface area contributed by atoms with Crippen molar-refractivity contribution in [2.75, 3.05) is 39.3 Å². The van der Waals surface area contributed by atoms with Crippen LogP contribution in [0.5, 0.6) is 0 Å². The van der Waals surface area contributed by atoms with Gasteiger partial charge in [0.05, 0.1) is 4.90 Å². The van der Waals surface area contributed by atoms with E-state index < -0.39 is 10.0 Å². The summed E-state index contributed by atoms with van der Waals surface area (Å²) in [5.41, 5.74) is 3.73. The van der Waals surface area contributed by atoms with Crippen molar-refractivity contribution in [1.29, 1.82) is 0 Å². The Balaban J connectivity index is 2.10. The summed E-state index contributed by atoms with van der Waals surface area (Å²) in [6.07, 6.45) is 0. The summed E-state index contributed by atoms with van der Waals surface area (Å²) in [4.78, 5) is 2.73. The quantitative estimate of drug-likeness (QED) is 0.851. The molecule has 124 valence electrons. The van der Waals surface area contributed by atoms with Crippen molar-refractivity contribution in [1.82, 2.24) is 14.9 Å². The lowest BCUT2D eigenvalue weighted by molar-refractivity contribution is 0.245. The molecule has 0 atom stereocenters. The number of hydrogen-bond acceptors (Lipinski definition) is 4. The molecule has 2 N–H and O–H groups in total. The van der Waals surface area contributed by atoms with Gasteiger partial charge in [-0.05, 0) is 49.9 Å². The van der Waals surface area contributed by atoms with Crippen LogP contribution in [0.2, 0.25) is 0 Å². The second-order valence-electron chi connectivity index (χ2n) is 6.08. The van der Waals surface area contributed by atoms with Crippen LogP contribution in [-0.2, 0) is 10.0 Å². The van der Waals surface area contributed by atoms with Crippen molar-refractivity contribution < 1.29 is 8.42 Å². The Bertz CT molecular complexity index is 609. The van der Waals surface area contributed by atoms with Gasteiger partial charge in [0.2, 0.25) is 10.0 Å². The molecule has 0 radical (unpaired) electrons. The summed E-state index contributed by atoms with van der Waals surface area (Å²) in [6.45, 7) is 12.8. The zero-order valence-electron chi connectivity index (χ0n) is 14.0. The third-order valence-electron chi connectivity index (χ3n) is 4.50. The SMILES string of the molecule is Cc1cc(C)c(C)c(S(=O)(=O)NCCN2CCNCC2)c1C. The Morgan fingerprint density at radius 1 is 1.09 bits per heavy atom. The number of nitrogens with zero attached hydrogens (tertiary/aromatic N) is 1. The van der Waals surface area contributed by atoms with Crippen LogP contribution < -0.4 is 10.0 Å². The van der Waals surface area contributed by atoms with Crippen molar-refractivity contribution in [3.63, 3.8) is 0 Å². The standard InChI is InChI=1S/C16H27N3O2S/c1-12-11-13(2)15(4)16(14(12)3)22(20,21)18-7-10-19-8-5-17-6-9-19/h11,17-18H,5-10H2,1-4H3. The maximum absolute atomic E-state index is 12.7. The highest BCUT2D eigenvalue weighted by atomic mass is 32.2. The van der Waals surface area contributed by atoms with E-state index in [4.69, 9.17) is 0 Å². The van der Waals surface area contributed by atoms with Gasteiger partial charge in [0, 0.05) is 39.3 Å². The van der Waals surface area contributed by atoms with E-state index in [1.807, 2.05) is 33.8 Å². The molecule has 1 fully saturated rings. The van der Waals surface area contributed by atoms with E-state index in [1.54, 1.807) is 0 Å². The minimum absolute atomic E-state index is 0.449. The van der Waals surface area contributed by atoms with Gasteiger partial charge in [0.15, 0.2) is 0 Å². The largest absolute Gasteiger partial charge is 0.314 e. The molecular formula is C16H27N3O2S. The number of sulfonamides is 1. The second kappa shape index (κ2) is 7.08. The van der Waals surface area contributed by atoms with Gasteiger partial charge in [-0.3, -0.25) is 4.90 Å². The highest BCUT2D eigenvalue weighted by Gasteiger charge is 2.22. The van der Waals surface area contributed by atoms with Crippen molar-refractivity contribution in [2.24, 2.45) is 0 Å². The molecule has 0 unspecified atom stereocenters. The first kappa shape index (κ1) is 17.4. The fraction of sp³-hybridized carbons (Fsp3) is 0.625. The van der Waals surface area contributed by atoms with Gasteiger partial charge >= 0.3 is 0 Å². The van der Waals surface area contributed by atoms with Crippen LogP contribution >= 0.6 is 0 Å². The van der Waals surface area contributed by atoms with Gasteiger partial charge in [-0.1, -0.05) is 6.07 Å². The Hall–Kier alpha value is -0.950. The van der Waals surface area contributed by atoms with Crippen LogP contribution in [0.25, 0.3) is 0 Å². The first-order valence-corrected chi connectivity index (χ1v) is 9.31. The number of nitrogens with one attached hydrogen (secondary N) is 2. The predicted molar refractivity (Wildman–Crippen MR) is 89.9 cm³/mol. The van der Waals surface area contributed by atoms with E-state index >= 15 is 0 Å². The monoisotopic (exact) mass is 325 g/mol. The maximum Gasteiger partial charge on any atom is 0.241 e. The van der Waals surface area contributed by atoms with E-state index in [-0.39, 0.29) is 0 Å². The van der Waals surface area contributed by atoms with E-state index in [0.29, 0.717) is 11.4 Å².